The first-order valence-electron chi connectivity index (χ1n) is 5.32. The third kappa shape index (κ3) is 3.94. The Morgan fingerprint density at radius 3 is 2.71 bits per heavy atom. The van der Waals surface area contributed by atoms with Crippen molar-refractivity contribution in [1.82, 2.24) is 4.90 Å². The average Bonchev–Trinajstić information content (AvgIpc) is 2.29. The van der Waals surface area contributed by atoms with Gasteiger partial charge in [0, 0.05) is 38.8 Å². The maximum absolute atomic E-state index is 13.3. The Labute approximate surface area is 100 Å². The maximum atomic E-state index is 13.3. The highest BCUT2D eigenvalue weighted by Crippen LogP contribution is 2.20. The number of ether oxygens (including phenoxy) is 1. The molecule has 0 aliphatic rings. The molecule has 0 heterocycles. The van der Waals surface area contributed by atoms with Crippen LogP contribution in [0.2, 0.25) is 0 Å². The summed E-state index contributed by atoms with van der Waals surface area (Å²) in [4.78, 5) is 12.8. The lowest BCUT2D eigenvalue weighted by Crippen LogP contribution is -2.23. The quantitative estimate of drug-likeness (QED) is 0.852. The lowest BCUT2D eigenvalue weighted by Gasteiger charge is -2.11. The van der Waals surface area contributed by atoms with Gasteiger partial charge >= 0.3 is 0 Å². The minimum absolute atomic E-state index is 0.0338. The van der Waals surface area contributed by atoms with Crippen molar-refractivity contribution >= 4 is 11.6 Å². The van der Waals surface area contributed by atoms with E-state index >= 15 is 0 Å². The molecule has 0 fully saturated rings. The molecule has 0 bridgehead atoms. The van der Waals surface area contributed by atoms with Crippen LogP contribution >= 0.6 is 0 Å². The van der Waals surface area contributed by atoms with E-state index in [1.54, 1.807) is 26.2 Å². The normalized spacial score (nSPS) is 9.88. The van der Waals surface area contributed by atoms with Gasteiger partial charge in [-0.3, -0.25) is 4.79 Å². The molecular formula is C12H17FN2O2. The van der Waals surface area contributed by atoms with Crippen molar-refractivity contribution in [3.05, 3.63) is 24.0 Å². The van der Waals surface area contributed by atoms with Crippen molar-refractivity contribution in [3.8, 4) is 5.75 Å². The molecule has 17 heavy (non-hydrogen) atoms. The predicted octanol–water partition coefficient (Wildman–Crippen LogP) is 1.72. The molecule has 4 nitrogen and oxygen atoms in total. The fourth-order valence-corrected chi connectivity index (χ4v) is 1.31. The highest BCUT2D eigenvalue weighted by molar-refractivity contribution is 5.76. The smallest absolute Gasteiger partial charge is 0.223 e. The van der Waals surface area contributed by atoms with Gasteiger partial charge in [0.25, 0.3) is 0 Å². The fourth-order valence-electron chi connectivity index (χ4n) is 1.31. The second-order valence-corrected chi connectivity index (χ2v) is 3.81. The molecular weight excluding hydrogens is 223 g/mol. The number of halogens is 1. The first kappa shape index (κ1) is 13.3. The zero-order chi connectivity index (χ0) is 12.8. The Morgan fingerprint density at radius 1 is 1.47 bits per heavy atom. The third-order valence-corrected chi connectivity index (χ3v) is 2.32. The molecule has 0 aliphatic heterocycles. The van der Waals surface area contributed by atoms with E-state index in [9.17, 15) is 9.18 Å². The number of rotatable bonds is 5. The lowest BCUT2D eigenvalue weighted by molar-refractivity contribution is -0.128. The molecule has 0 atom stereocenters. The van der Waals surface area contributed by atoms with Gasteiger partial charge in [-0.25, -0.2) is 4.39 Å². The van der Waals surface area contributed by atoms with E-state index in [1.807, 2.05) is 0 Å². The largest absolute Gasteiger partial charge is 0.494 e. The molecule has 1 amide bonds. The van der Waals surface area contributed by atoms with Crippen LogP contribution in [0.5, 0.6) is 5.75 Å². The van der Waals surface area contributed by atoms with E-state index in [0.29, 0.717) is 18.7 Å². The van der Waals surface area contributed by atoms with E-state index in [2.05, 4.69) is 5.32 Å². The number of amides is 1. The van der Waals surface area contributed by atoms with Gasteiger partial charge in [-0.15, -0.1) is 0 Å². The van der Waals surface area contributed by atoms with Crippen LogP contribution in [0.25, 0.3) is 0 Å². The van der Waals surface area contributed by atoms with E-state index in [1.165, 1.54) is 18.1 Å². The van der Waals surface area contributed by atoms with E-state index in [4.69, 9.17) is 4.74 Å². The molecule has 1 rings (SSSR count). The summed E-state index contributed by atoms with van der Waals surface area (Å²) in [6, 6.07) is 4.60. The van der Waals surface area contributed by atoms with Crippen molar-refractivity contribution in [3.63, 3.8) is 0 Å². The third-order valence-electron chi connectivity index (χ3n) is 2.32. The Morgan fingerprint density at radius 2 is 2.18 bits per heavy atom. The SMILES string of the molecule is COc1ccc(NCCC(=O)N(C)C)cc1F. The van der Waals surface area contributed by atoms with Gasteiger partial charge in [-0.05, 0) is 12.1 Å². The van der Waals surface area contributed by atoms with E-state index in [-0.39, 0.29) is 11.7 Å². The number of hydrogen-bond acceptors (Lipinski definition) is 3. The number of nitrogens with zero attached hydrogens (tertiary/aromatic N) is 1. The molecule has 0 saturated carbocycles. The van der Waals surface area contributed by atoms with Gasteiger partial charge < -0.3 is 15.0 Å². The minimum Gasteiger partial charge on any atom is -0.494 e. The number of carbonyl (C=O) groups excluding carboxylic acids is 1. The Kier molecular flexibility index (Phi) is 4.75. The number of anilines is 1. The standard InChI is InChI=1S/C12H17FN2O2/c1-15(2)12(16)6-7-14-9-4-5-11(17-3)10(13)8-9/h4-5,8,14H,6-7H2,1-3H3. The van der Waals surface area contributed by atoms with Crippen LogP contribution in [0.15, 0.2) is 18.2 Å². The lowest BCUT2D eigenvalue weighted by atomic mass is 10.2. The summed E-state index contributed by atoms with van der Waals surface area (Å²) < 4.78 is 18.1. The molecule has 0 aromatic heterocycles. The summed E-state index contributed by atoms with van der Waals surface area (Å²) >= 11 is 0. The second-order valence-electron chi connectivity index (χ2n) is 3.81. The van der Waals surface area contributed by atoms with Crippen LogP contribution in [0.3, 0.4) is 0 Å². The van der Waals surface area contributed by atoms with Gasteiger partial charge in [0.05, 0.1) is 7.11 Å². The summed E-state index contributed by atoms with van der Waals surface area (Å²) in [5, 5.41) is 2.98. The molecule has 1 N–H and O–H groups in total. The average molecular weight is 240 g/mol. The van der Waals surface area contributed by atoms with Gasteiger partial charge in [0.2, 0.25) is 5.91 Å². The number of benzene rings is 1. The van der Waals surface area contributed by atoms with Crippen LogP contribution in [0.4, 0.5) is 10.1 Å². The summed E-state index contributed by atoms with van der Waals surface area (Å²) in [7, 11) is 4.83. The number of hydrogen-bond donors (Lipinski definition) is 1. The van der Waals surface area contributed by atoms with Crippen LogP contribution < -0.4 is 10.1 Å². The summed E-state index contributed by atoms with van der Waals surface area (Å²) in [6.45, 7) is 0.475. The first-order chi connectivity index (χ1) is 8.04. The number of nitrogens with one attached hydrogen (secondary N) is 1. The van der Waals surface area contributed by atoms with Crippen molar-refractivity contribution in [2.45, 2.75) is 6.42 Å². The number of carbonyl (C=O) groups is 1. The molecule has 0 spiro atoms. The molecule has 1 aromatic carbocycles. The highest BCUT2D eigenvalue weighted by Gasteiger charge is 2.05. The summed E-state index contributed by atoms with van der Waals surface area (Å²) in [5.74, 6) is -0.178. The molecule has 0 unspecified atom stereocenters. The van der Waals surface area contributed by atoms with Crippen LogP contribution in [-0.2, 0) is 4.79 Å². The summed E-state index contributed by atoms with van der Waals surface area (Å²) in [6.07, 6.45) is 0.376. The van der Waals surface area contributed by atoms with Crippen molar-refractivity contribution < 1.29 is 13.9 Å². The Bertz CT molecular complexity index is 394. The summed E-state index contributed by atoms with van der Waals surface area (Å²) in [5.41, 5.74) is 0.634. The maximum Gasteiger partial charge on any atom is 0.223 e. The molecule has 0 aliphatic carbocycles. The van der Waals surface area contributed by atoms with Gasteiger partial charge in [0.1, 0.15) is 0 Å². The van der Waals surface area contributed by atoms with E-state index in [0.717, 1.165) is 0 Å². The van der Waals surface area contributed by atoms with Gasteiger partial charge in [-0.1, -0.05) is 0 Å². The zero-order valence-electron chi connectivity index (χ0n) is 10.3. The van der Waals surface area contributed by atoms with Gasteiger partial charge in [-0.2, -0.15) is 0 Å². The van der Waals surface area contributed by atoms with Crippen LogP contribution in [-0.4, -0.2) is 38.6 Å². The minimum atomic E-state index is -0.420. The Hall–Kier alpha value is -1.78. The molecule has 5 heteroatoms. The first-order valence-corrected chi connectivity index (χ1v) is 5.32. The molecule has 94 valence electrons. The second kappa shape index (κ2) is 6.08. The zero-order valence-corrected chi connectivity index (χ0v) is 10.3. The highest BCUT2D eigenvalue weighted by atomic mass is 19.1. The van der Waals surface area contributed by atoms with Crippen molar-refractivity contribution in [2.75, 3.05) is 33.1 Å². The topological polar surface area (TPSA) is 41.6 Å². The monoisotopic (exact) mass is 240 g/mol. The molecule has 0 saturated heterocycles. The number of methoxy groups -OCH3 is 1. The molecule has 1 aromatic rings. The van der Waals surface area contributed by atoms with Crippen LogP contribution in [0.1, 0.15) is 6.42 Å². The fraction of sp³-hybridized carbons (Fsp3) is 0.417. The predicted molar refractivity (Wildman–Crippen MR) is 64.8 cm³/mol. The Balaban J connectivity index is 2.47. The van der Waals surface area contributed by atoms with Crippen molar-refractivity contribution in [1.29, 1.82) is 0 Å². The molecule has 0 radical (unpaired) electrons. The van der Waals surface area contributed by atoms with Gasteiger partial charge in [0.15, 0.2) is 11.6 Å². The van der Waals surface area contributed by atoms with Crippen molar-refractivity contribution in [2.24, 2.45) is 0 Å². The van der Waals surface area contributed by atoms with Crippen LogP contribution in [0, 0.1) is 5.82 Å². The van der Waals surface area contributed by atoms with E-state index < -0.39 is 5.82 Å².